The summed E-state index contributed by atoms with van der Waals surface area (Å²) in [4.78, 5) is 14.5. The second-order valence-electron chi connectivity index (χ2n) is 5.91. The van der Waals surface area contributed by atoms with Gasteiger partial charge in [0, 0.05) is 31.4 Å². The first-order valence-corrected chi connectivity index (χ1v) is 9.21. The number of ether oxygens (including phenoxy) is 1. The van der Waals surface area contributed by atoms with Gasteiger partial charge in [0.15, 0.2) is 0 Å². The molecule has 0 bridgehead atoms. The van der Waals surface area contributed by atoms with Crippen molar-refractivity contribution in [3.05, 3.63) is 46.7 Å². The molecule has 0 spiro atoms. The molecule has 3 rings (SSSR count). The van der Waals surface area contributed by atoms with Gasteiger partial charge in [-0.25, -0.2) is 4.79 Å². The number of thiophene rings is 1. The van der Waals surface area contributed by atoms with E-state index >= 15 is 0 Å². The van der Waals surface area contributed by atoms with Gasteiger partial charge in [-0.05, 0) is 60.0 Å². The summed E-state index contributed by atoms with van der Waals surface area (Å²) in [6.07, 6.45) is 0.987. The topological polar surface area (TPSA) is 53.6 Å². The monoisotopic (exact) mass is 345 g/mol. The molecule has 1 fully saturated rings. The molecule has 128 valence electrons. The molecule has 2 heterocycles. The lowest BCUT2D eigenvalue weighted by Gasteiger charge is -2.16. The lowest BCUT2D eigenvalue weighted by Crippen LogP contribution is -2.39. The average Bonchev–Trinajstić information content (AvgIpc) is 3.22. The largest absolute Gasteiger partial charge is 0.494 e. The Balaban J connectivity index is 1.43. The zero-order valence-electron chi connectivity index (χ0n) is 13.8. The minimum atomic E-state index is -0.151. The van der Waals surface area contributed by atoms with E-state index < -0.39 is 0 Å². The van der Waals surface area contributed by atoms with E-state index in [1.165, 1.54) is 5.56 Å². The number of nitrogens with one attached hydrogen (secondary N) is 2. The number of carbonyl (C=O) groups is 1. The SMILES string of the molecule is CCOc1ccc(NC(=O)NC2CCN(Cc3ccsc3)C2)cc1. The number of anilines is 1. The number of hydrogen-bond acceptors (Lipinski definition) is 4. The van der Waals surface area contributed by atoms with Gasteiger partial charge < -0.3 is 15.4 Å². The number of amides is 2. The predicted molar refractivity (Wildman–Crippen MR) is 97.8 cm³/mol. The highest BCUT2D eigenvalue weighted by molar-refractivity contribution is 7.07. The quantitative estimate of drug-likeness (QED) is 0.842. The van der Waals surface area contributed by atoms with E-state index in [-0.39, 0.29) is 12.1 Å². The summed E-state index contributed by atoms with van der Waals surface area (Å²) in [7, 11) is 0. The third-order valence-corrected chi connectivity index (χ3v) is 4.75. The molecule has 6 heteroatoms. The van der Waals surface area contributed by atoms with Gasteiger partial charge in [0.1, 0.15) is 5.75 Å². The fourth-order valence-electron chi connectivity index (χ4n) is 2.89. The van der Waals surface area contributed by atoms with E-state index in [0.29, 0.717) is 6.61 Å². The molecule has 1 aromatic heterocycles. The Hall–Kier alpha value is -2.05. The van der Waals surface area contributed by atoms with Crippen LogP contribution >= 0.6 is 11.3 Å². The second kappa shape index (κ2) is 8.17. The molecule has 1 aromatic carbocycles. The van der Waals surface area contributed by atoms with Gasteiger partial charge in [-0.3, -0.25) is 4.90 Å². The van der Waals surface area contributed by atoms with Crippen LogP contribution in [0.25, 0.3) is 0 Å². The molecule has 1 aliphatic heterocycles. The van der Waals surface area contributed by atoms with E-state index in [4.69, 9.17) is 4.74 Å². The van der Waals surface area contributed by atoms with Crippen LogP contribution in [-0.2, 0) is 6.54 Å². The molecule has 1 atom stereocenters. The summed E-state index contributed by atoms with van der Waals surface area (Å²) < 4.78 is 5.40. The van der Waals surface area contributed by atoms with Crippen molar-refractivity contribution in [3.63, 3.8) is 0 Å². The molecule has 2 amide bonds. The fourth-order valence-corrected chi connectivity index (χ4v) is 3.55. The van der Waals surface area contributed by atoms with Crippen molar-refractivity contribution in [1.82, 2.24) is 10.2 Å². The molecule has 0 saturated carbocycles. The van der Waals surface area contributed by atoms with E-state index in [9.17, 15) is 4.79 Å². The van der Waals surface area contributed by atoms with Gasteiger partial charge in [-0.2, -0.15) is 11.3 Å². The van der Waals surface area contributed by atoms with Gasteiger partial charge in [-0.15, -0.1) is 0 Å². The first-order chi connectivity index (χ1) is 11.7. The summed E-state index contributed by atoms with van der Waals surface area (Å²) >= 11 is 1.72. The van der Waals surface area contributed by atoms with E-state index in [2.05, 4.69) is 32.4 Å². The van der Waals surface area contributed by atoms with Crippen molar-refractivity contribution in [3.8, 4) is 5.75 Å². The van der Waals surface area contributed by atoms with E-state index in [0.717, 1.165) is 37.5 Å². The van der Waals surface area contributed by atoms with Crippen molar-refractivity contribution in [2.24, 2.45) is 0 Å². The normalized spacial score (nSPS) is 17.6. The third-order valence-electron chi connectivity index (χ3n) is 4.02. The molecule has 1 aliphatic rings. The standard InChI is InChI=1S/C18H23N3O2S/c1-2-23-17-5-3-15(4-6-17)19-18(22)20-16-7-9-21(12-16)11-14-8-10-24-13-14/h3-6,8,10,13,16H,2,7,9,11-12H2,1H3,(H2,19,20,22). The number of nitrogens with zero attached hydrogens (tertiary/aromatic N) is 1. The second-order valence-corrected chi connectivity index (χ2v) is 6.69. The van der Waals surface area contributed by atoms with Gasteiger partial charge in [0.05, 0.1) is 6.61 Å². The minimum Gasteiger partial charge on any atom is -0.494 e. The van der Waals surface area contributed by atoms with Crippen LogP contribution in [0.1, 0.15) is 18.9 Å². The lowest BCUT2D eigenvalue weighted by atomic mass is 10.2. The van der Waals surface area contributed by atoms with Crippen molar-refractivity contribution >= 4 is 23.1 Å². The van der Waals surface area contributed by atoms with Crippen LogP contribution in [0.5, 0.6) is 5.75 Å². The van der Waals surface area contributed by atoms with Gasteiger partial charge >= 0.3 is 6.03 Å². The molecule has 0 aliphatic carbocycles. The summed E-state index contributed by atoms with van der Waals surface area (Å²) in [5.74, 6) is 0.809. The van der Waals surface area contributed by atoms with Crippen molar-refractivity contribution in [2.75, 3.05) is 25.0 Å². The molecular weight excluding hydrogens is 322 g/mol. The Morgan fingerprint density at radius 3 is 2.88 bits per heavy atom. The number of benzene rings is 1. The van der Waals surface area contributed by atoms with Crippen molar-refractivity contribution in [2.45, 2.75) is 25.9 Å². The number of hydrogen-bond donors (Lipinski definition) is 2. The van der Waals surface area contributed by atoms with Crippen LogP contribution in [-0.4, -0.2) is 36.7 Å². The zero-order valence-corrected chi connectivity index (χ0v) is 14.6. The highest BCUT2D eigenvalue weighted by Crippen LogP contribution is 2.17. The minimum absolute atomic E-state index is 0.151. The molecule has 1 unspecified atom stereocenters. The summed E-state index contributed by atoms with van der Waals surface area (Å²) in [6.45, 7) is 5.46. The molecule has 1 saturated heterocycles. The number of carbonyl (C=O) groups excluding carboxylic acids is 1. The van der Waals surface area contributed by atoms with Gasteiger partial charge in [-0.1, -0.05) is 0 Å². The molecule has 0 radical (unpaired) electrons. The Morgan fingerprint density at radius 1 is 1.33 bits per heavy atom. The Bertz CT molecular complexity index is 643. The fraction of sp³-hybridized carbons (Fsp3) is 0.389. The first kappa shape index (κ1) is 16.8. The Kier molecular flexibility index (Phi) is 5.72. The summed E-state index contributed by atoms with van der Waals surface area (Å²) in [5.41, 5.74) is 2.11. The maximum atomic E-state index is 12.1. The predicted octanol–water partition coefficient (Wildman–Crippen LogP) is 3.54. The lowest BCUT2D eigenvalue weighted by molar-refractivity contribution is 0.247. The third kappa shape index (κ3) is 4.72. The Labute approximate surface area is 146 Å². The van der Waals surface area contributed by atoms with Crippen LogP contribution in [0.3, 0.4) is 0 Å². The number of rotatable bonds is 6. The molecule has 5 nitrogen and oxygen atoms in total. The molecule has 2 aromatic rings. The van der Waals surface area contributed by atoms with Crippen molar-refractivity contribution < 1.29 is 9.53 Å². The van der Waals surface area contributed by atoms with E-state index in [1.54, 1.807) is 11.3 Å². The smallest absolute Gasteiger partial charge is 0.319 e. The zero-order chi connectivity index (χ0) is 16.8. The maximum absolute atomic E-state index is 12.1. The number of urea groups is 1. The van der Waals surface area contributed by atoms with Crippen LogP contribution in [0.15, 0.2) is 41.1 Å². The van der Waals surface area contributed by atoms with E-state index in [1.807, 2.05) is 31.2 Å². The van der Waals surface area contributed by atoms with Crippen LogP contribution < -0.4 is 15.4 Å². The molecule has 24 heavy (non-hydrogen) atoms. The number of likely N-dealkylation sites (tertiary alicyclic amines) is 1. The summed E-state index contributed by atoms with van der Waals surface area (Å²) in [6, 6.07) is 9.62. The highest BCUT2D eigenvalue weighted by atomic mass is 32.1. The van der Waals surface area contributed by atoms with Crippen molar-refractivity contribution in [1.29, 1.82) is 0 Å². The van der Waals surface area contributed by atoms with Crippen LogP contribution in [0.4, 0.5) is 10.5 Å². The average molecular weight is 345 g/mol. The first-order valence-electron chi connectivity index (χ1n) is 8.26. The van der Waals surface area contributed by atoms with Gasteiger partial charge in [0.25, 0.3) is 0 Å². The van der Waals surface area contributed by atoms with Crippen LogP contribution in [0, 0.1) is 0 Å². The molecular formula is C18H23N3O2S. The highest BCUT2D eigenvalue weighted by Gasteiger charge is 2.23. The van der Waals surface area contributed by atoms with Crippen LogP contribution in [0.2, 0.25) is 0 Å². The summed E-state index contributed by atoms with van der Waals surface area (Å²) in [5, 5.41) is 10.2. The molecule has 2 N–H and O–H groups in total. The Morgan fingerprint density at radius 2 is 2.17 bits per heavy atom. The maximum Gasteiger partial charge on any atom is 0.319 e. The van der Waals surface area contributed by atoms with Gasteiger partial charge in [0.2, 0.25) is 0 Å².